The Hall–Kier alpha value is -0.120. The second kappa shape index (κ2) is 12.0. The summed E-state index contributed by atoms with van der Waals surface area (Å²) in [5.41, 5.74) is 0. The molecule has 0 amide bonds. The highest BCUT2D eigenvalue weighted by Crippen LogP contribution is 2.05. The fourth-order valence-corrected chi connectivity index (χ4v) is 1.36. The van der Waals surface area contributed by atoms with Crippen LogP contribution in [0, 0.1) is 0 Å². The summed E-state index contributed by atoms with van der Waals surface area (Å²) in [6.45, 7) is 9.78. The first-order valence-electron chi connectivity index (χ1n) is 6.12. The van der Waals surface area contributed by atoms with Crippen molar-refractivity contribution in [3.8, 4) is 0 Å². The minimum Gasteiger partial charge on any atom is -0.379 e. The Balaban J connectivity index is 3.38. The molecule has 0 fully saturated rings. The summed E-state index contributed by atoms with van der Waals surface area (Å²) >= 11 is 0. The number of rotatable bonds is 11. The number of ether oxygens (including phenoxy) is 3. The van der Waals surface area contributed by atoms with Gasteiger partial charge in [-0.05, 0) is 20.3 Å². The van der Waals surface area contributed by atoms with Crippen LogP contribution in [0.15, 0.2) is 0 Å². The first kappa shape index (κ1) is 14.9. The maximum Gasteiger partial charge on any atom is 0.0808 e. The lowest BCUT2D eigenvalue weighted by atomic mass is 10.2. The molecular formula is C12H26O3. The van der Waals surface area contributed by atoms with Crippen LogP contribution >= 0.6 is 0 Å². The standard InChI is InChI=1S/C12H26O3/c1-4-7-8-12(15-6-3)11-14-10-9-13-5-2/h12H,4-11H2,1-3H3. The van der Waals surface area contributed by atoms with Crippen LogP contribution in [0.4, 0.5) is 0 Å². The molecule has 0 aromatic rings. The van der Waals surface area contributed by atoms with Crippen molar-refractivity contribution in [2.45, 2.75) is 46.1 Å². The van der Waals surface area contributed by atoms with Crippen LogP contribution in [0.3, 0.4) is 0 Å². The van der Waals surface area contributed by atoms with Gasteiger partial charge in [0.05, 0.1) is 25.9 Å². The highest BCUT2D eigenvalue weighted by atomic mass is 16.5. The van der Waals surface area contributed by atoms with Crippen LogP contribution in [0.1, 0.15) is 40.0 Å². The average Bonchev–Trinajstić information content (AvgIpc) is 2.25. The van der Waals surface area contributed by atoms with Gasteiger partial charge in [0.15, 0.2) is 0 Å². The van der Waals surface area contributed by atoms with E-state index >= 15 is 0 Å². The van der Waals surface area contributed by atoms with Gasteiger partial charge in [0.25, 0.3) is 0 Å². The third kappa shape index (κ3) is 10.2. The summed E-state index contributed by atoms with van der Waals surface area (Å²) in [4.78, 5) is 0. The van der Waals surface area contributed by atoms with Gasteiger partial charge in [-0.15, -0.1) is 0 Å². The number of unbranched alkanes of at least 4 members (excludes halogenated alkanes) is 1. The Morgan fingerprint density at radius 1 is 0.933 bits per heavy atom. The Kier molecular flexibility index (Phi) is 11.9. The van der Waals surface area contributed by atoms with Gasteiger partial charge in [0, 0.05) is 13.2 Å². The zero-order valence-corrected chi connectivity index (χ0v) is 10.5. The van der Waals surface area contributed by atoms with Gasteiger partial charge in [-0.2, -0.15) is 0 Å². The quantitative estimate of drug-likeness (QED) is 0.499. The molecule has 0 saturated carbocycles. The average molecular weight is 218 g/mol. The maximum absolute atomic E-state index is 5.58. The molecule has 0 aliphatic heterocycles. The first-order valence-corrected chi connectivity index (χ1v) is 6.12. The van der Waals surface area contributed by atoms with Crippen molar-refractivity contribution in [3.05, 3.63) is 0 Å². The second-order valence-electron chi connectivity index (χ2n) is 3.49. The molecule has 0 aromatic heterocycles. The van der Waals surface area contributed by atoms with Crippen LogP contribution in [0.5, 0.6) is 0 Å². The minimum atomic E-state index is 0.261. The molecule has 0 rings (SSSR count). The molecule has 1 unspecified atom stereocenters. The molecule has 0 aromatic carbocycles. The molecule has 3 nitrogen and oxygen atoms in total. The predicted octanol–water partition coefficient (Wildman–Crippen LogP) is 2.63. The summed E-state index contributed by atoms with van der Waals surface area (Å²) in [5, 5.41) is 0. The summed E-state index contributed by atoms with van der Waals surface area (Å²) in [6.07, 6.45) is 3.78. The SMILES string of the molecule is CCCCC(COCCOCC)OCC. The lowest BCUT2D eigenvalue weighted by molar-refractivity contribution is -0.0303. The van der Waals surface area contributed by atoms with Gasteiger partial charge in [-0.25, -0.2) is 0 Å². The highest BCUT2D eigenvalue weighted by molar-refractivity contribution is 4.56. The number of hydrogen-bond acceptors (Lipinski definition) is 3. The third-order valence-electron chi connectivity index (χ3n) is 2.16. The molecule has 0 aliphatic rings. The van der Waals surface area contributed by atoms with Crippen molar-refractivity contribution in [2.75, 3.05) is 33.0 Å². The van der Waals surface area contributed by atoms with Gasteiger partial charge in [0.1, 0.15) is 0 Å². The van der Waals surface area contributed by atoms with E-state index in [1.807, 2.05) is 13.8 Å². The van der Waals surface area contributed by atoms with E-state index in [-0.39, 0.29) is 6.10 Å². The Labute approximate surface area is 94.1 Å². The summed E-state index contributed by atoms with van der Waals surface area (Å²) < 4.78 is 16.3. The van der Waals surface area contributed by atoms with E-state index in [9.17, 15) is 0 Å². The molecule has 0 spiro atoms. The van der Waals surface area contributed by atoms with Crippen molar-refractivity contribution in [2.24, 2.45) is 0 Å². The van der Waals surface area contributed by atoms with Crippen LogP contribution in [0.2, 0.25) is 0 Å². The first-order chi connectivity index (χ1) is 7.35. The predicted molar refractivity (Wildman–Crippen MR) is 62.3 cm³/mol. The Morgan fingerprint density at radius 2 is 1.67 bits per heavy atom. The van der Waals surface area contributed by atoms with Gasteiger partial charge < -0.3 is 14.2 Å². The molecule has 0 radical (unpaired) electrons. The van der Waals surface area contributed by atoms with Gasteiger partial charge in [-0.3, -0.25) is 0 Å². The Bertz CT molecular complexity index is 117. The smallest absolute Gasteiger partial charge is 0.0808 e. The fourth-order valence-electron chi connectivity index (χ4n) is 1.36. The summed E-state index contributed by atoms with van der Waals surface area (Å²) in [5.74, 6) is 0. The zero-order chi connectivity index (χ0) is 11.4. The van der Waals surface area contributed by atoms with Crippen molar-refractivity contribution in [1.29, 1.82) is 0 Å². The van der Waals surface area contributed by atoms with E-state index in [0.29, 0.717) is 19.8 Å². The van der Waals surface area contributed by atoms with E-state index in [2.05, 4.69) is 6.92 Å². The van der Waals surface area contributed by atoms with Gasteiger partial charge in [0.2, 0.25) is 0 Å². The monoisotopic (exact) mass is 218 g/mol. The minimum absolute atomic E-state index is 0.261. The normalized spacial score (nSPS) is 13.0. The zero-order valence-electron chi connectivity index (χ0n) is 10.5. The van der Waals surface area contributed by atoms with E-state index < -0.39 is 0 Å². The molecule has 0 aliphatic carbocycles. The topological polar surface area (TPSA) is 27.7 Å². The van der Waals surface area contributed by atoms with Crippen molar-refractivity contribution in [3.63, 3.8) is 0 Å². The van der Waals surface area contributed by atoms with Crippen molar-refractivity contribution in [1.82, 2.24) is 0 Å². The van der Waals surface area contributed by atoms with E-state index in [4.69, 9.17) is 14.2 Å². The second-order valence-corrected chi connectivity index (χ2v) is 3.49. The largest absolute Gasteiger partial charge is 0.379 e. The molecule has 0 heterocycles. The highest BCUT2D eigenvalue weighted by Gasteiger charge is 2.07. The van der Waals surface area contributed by atoms with Gasteiger partial charge >= 0.3 is 0 Å². The molecule has 0 bridgehead atoms. The molecule has 92 valence electrons. The van der Waals surface area contributed by atoms with E-state index in [1.165, 1.54) is 12.8 Å². The third-order valence-corrected chi connectivity index (χ3v) is 2.16. The van der Waals surface area contributed by atoms with Crippen LogP contribution in [0.25, 0.3) is 0 Å². The van der Waals surface area contributed by atoms with Crippen molar-refractivity contribution >= 4 is 0 Å². The molecule has 0 saturated heterocycles. The molecule has 3 heteroatoms. The summed E-state index contributed by atoms with van der Waals surface area (Å²) in [6, 6.07) is 0. The Morgan fingerprint density at radius 3 is 2.27 bits per heavy atom. The van der Waals surface area contributed by atoms with Crippen LogP contribution < -0.4 is 0 Å². The molecule has 0 N–H and O–H groups in total. The van der Waals surface area contributed by atoms with E-state index in [0.717, 1.165) is 19.6 Å². The van der Waals surface area contributed by atoms with Crippen LogP contribution in [-0.2, 0) is 14.2 Å². The molecular weight excluding hydrogens is 192 g/mol. The summed E-state index contributed by atoms with van der Waals surface area (Å²) in [7, 11) is 0. The van der Waals surface area contributed by atoms with E-state index in [1.54, 1.807) is 0 Å². The number of hydrogen-bond donors (Lipinski definition) is 0. The molecule has 1 atom stereocenters. The lowest BCUT2D eigenvalue weighted by Gasteiger charge is -2.16. The maximum atomic E-state index is 5.58. The lowest BCUT2D eigenvalue weighted by Crippen LogP contribution is -2.21. The fraction of sp³-hybridized carbons (Fsp3) is 1.00. The van der Waals surface area contributed by atoms with Crippen LogP contribution in [-0.4, -0.2) is 39.1 Å². The molecule has 15 heavy (non-hydrogen) atoms. The van der Waals surface area contributed by atoms with Crippen molar-refractivity contribution < 1.29 is 14.2 Å². The van der Waals surface area contributed by atoms with Gasteiger partial charge in [-0.1, -0.05) is 19.8 Å².